The van der Waals surface area contributed by atoms with Crippen LogP contribution in [0.2, 0.25) is 0 Å². The first kappa shape index (κ1) is 18.5. The summed E-state index contributed by atoms with van der Waals surface area (Å²) in [6.45, 7) is 3.27. The minimum Gasteiger partial charge on any atom is -0.395 e. The van der Waals surface area contributed by atoms with Gasteiger partial charge in [0.05, 0.1) is 18.8 Å². The number of hydrogen-bond donors (Lipinski definition) is 2. The normalized spacial score (nSPS) is 18.0. The van der Waals surface area contributed by atoms with E-state index in [-0.39, 0.29) is 25.1 Å². The molecule has 1 atom stereocenters. The molecular weight excluding hydrogens is 330 g/mol. The van der Waals surface area contributed by atoms with Gasteiger partial charge in [-0.25, -0.2) is 4.68 Å². The number of aromatic nitrogens is 3. The molecule has 1 saturated heterocycles. The van der Waals surface area contributed by atoms with Crippen LogP contribution >= 0.6 is 0 Å². The monoisotopic (exact) mass is 357 g/mol. The Labute approximate surface area is 154 Å². The van der Waals surface area contributed by atoms with Gasteiger partial charge in [-0.1, -0.05) is 35.5 Å². The molecule has 7 heteroatoms. The van der Waals surface area contributed by atoms with Crippen molar-refractivity contribution in [3.05, 3.63) is 47.8 Å². The third kappa shape index (κ3) is 5.12. The molecule has 1 fully saturated rings. The molecule has 2 aromatic rings. The number of aliphatic hydroxyl groups is 1. The Morgan fingerprint density at radius 1 is 1.31 bits per heavy atom. The van der Waals surface area contributed by atoms with Crippen LogP contribution in [0.1, 0.15) is 41.4 Å². The lowest BCUT2D eigenvalue weighted by Crippen LogP contribution is -2.37. The van der Waals surface area contributed by atoms with E-state index in [1.807, 2.05) is 4.68 Å². The van der Waals surface area contributed by atoms with Crippen LogP contribution in [0.5, 0.6) is 0 Å². The lowest BCUT2D eigenvalue weighted by Gasteiger charge is -2.32. The fraction of sp³-hybridized carbons (Fsp3) is 0.526. The van der Waals surface area contributed by atoms with E-state index in [2.05, 4.69) is 50.9 Å². The van der Waals surface area contributed by atoms with E-state index in [1.54, 1.807) is 6.20 Å². The Morgan fingerprint density at radius 2 is 2.15 bits per heavy atom. The van der Waals surface area contributed by atoms with Crippen molar-refractivity contribution in [2.24, 2.45) is 0 Å². The second kappa shape index (κ2) is 9.45. The van der Waals surface area contributed by atoms with Gasteiger partial charge >= 0.3 is 0 Å². The molecule has 1 aliphatic heterocycles. The number of rotatable bonds is 8. The van der Waals surface area contributed by atoms with Crippen molar-refractivity contribution < 1.29 is 9.90 Å². The van der Waals surface area contributed by atoms with Gasteiger partial charge in [-0.05, 0) is 44.3 Å². The summed E-state index contributed by atoms with van der Waals surface area (Å²) in [5.74, 6) is -0.291. The molecule has 1 amide bonds. The van der Waals surface area contributed by atoms with E-state index in [1.165, 1.54) is 5.56 Å². The van der Waals surface area contributed by atoms with Crippen molar-refractivity contribution in [1.82, 2.24) is 25.2 Å². The van der Waals surface area contributed by atoms with E-state index in [9.17, 15) is 4.79 Å². The fourth-order valence-electron chi connectivity index (χ4n) is 3.42. The zero-order valence-electron chi connectivity index (χ0n) is 15.0. The van der Waals surface area contributed by atoms with Gasteiger partial charge in [-0.3, -0.25) is 4.79 Å². The van der Waals surface area contributed by atoms with Crippen LogP contribution in [0, 0.1) is 0 Å². The Balaban J connectivity index is 1.49. The molecule has 26 heavy (non-hydrogen) atoms. The Hall–Kier alpha value is -2.25. The summed E-state index contributed by atoms with van der Waals surface area (Å²) in [7, 11) is 0. The molecule has 1 aromatic carbocycles. The van der Waals surface area contributed by atoms with E-state index in [4.69, 9.17) is 5.11 Å². The van der Waals surface area contributed by atoms with Crippen LogP contribution in [0.4, 0.5) is 0 Å². The second-order valence-electron chi connectivity index (χ2n) is 6.75. The quantitative estimate of drug-likeness (QED) is 0.743. The highest BCUT2D eigenvalue weighted by molar-refractivity contribution is 5.91. The van der Waals surface area contributed by atoms with Crippen LogP contribution in [-0.2, 0) is 6.42 Å². The Morgan fingerprint density at radius 3 is 2.96 bits per heavy atom. The topological polar surface area (TPSA) is 83.3 Å². The molecular formula is C19H27N5O2. The van der Waals surface area contributed by atoms with Gasteiger partial charge in [0.2, 0.25) is 0 Å². The highest BCUT2D eigenvalue weighted by atomic mass is 16.3. The first-order chi connectivity index (χ1) is 12.8. The number of amides is 1. The summed E-state index contributed by atoms with van der Waals surface area (Å²) in [4.78, 5) is 14.4. The summed E-state index contributed by atoms with van der Waals surface area (Å²) < 4.78 is 1.82. The molecule has 0 saturated carbocycles. The maximum atomic E-state index is 11.9. The lowest BCUT2D eigenvalue weighted by atomic mass is 10.0. The van der Waals surface area contributed by atoms with Crippen LogP contribution < -0.4 is 5.32 Å². The van der Waals surface area contributed by atoms with E-state index in [0.717, 1.165) is 45.3 Å². The Kier molecular flexibility index (Phi) is 6.74. The molecule has 0 radical (unpaired) electrons. The number of aryl methyl sites for hydroxylation is 1. The highest BCUT2D eigenvalue weighted by Crippen LogP contribution is 2.21. The molecule has 0 spiro atoms. The number of likely N-dealkylation sites (tertiary alicyclic amines) is 1. The zero-order chi connectivity index (χ0) is 18.2. The summed E-state index contributed by atoms with van der Waals surface area (Å²) in [5.41, 5.74) is 1.69. The number of hydrogen-bond acceptors (Lipinski definition) is 5. The fourth-order valence-corrected chi connectivity index (χ4v) is 3.42. The number of benzene rings is 1. The molecule has 2 heterocycles. The third-order valence-corrected chi connectivity index (χ3v) is 4.78. The van der Waals surface area contributed by atoms with Gasteiger partial charge in [0.15, 0.2) is 5.69 Å². The molecule has 0 aliphatic carbocycles. The number of piperidine rings is 1. The molecule has 3 rings (SSSR count). The molecule has 2 N–H and O–H groups in total. The first-order valence-corrected chi connectivity index (χ1v) is 9.33. The summed E-state index contributed by atoms with van der Waals surface area (Å²) in [6.07, 6.45) is 6.13. The van der Waals surface area contributed by atoms with Gasteiger partial charge in [-0.2, -0.15) is 0 Å². The van der Waals surface area contributed by atoms with Gasteiger partial charge in [0.1, 0.15) is 0 Å². The van der Waals surface area contributed by atoms with Crippen LogP contribution in [0.25, 0.3) is 0 Å². The van der Waals surface area contributed by atoms with E-state index >= 15 is 0 Å². The summed E-state index contributed by atoms with van der Waals surface area (Å²) >= 11 is 0. The average molecular weight is 357 g/mol. The minimum atomic E-state index is -0.291. The number of carbonyl (C=O) groups is 1. The molecule has 7 nitrogen and oxygen atoms in total. The maximum absolute atomic E-state index is 11.9. The van der Waals surface area contributed by atoms with E-state index in [0.29, 0.717) is 5.69 Å². The van der Waals surface area contributed by atoms with Crippen LogP contribution in [0.3, 0.4) is 0 Å². The van der Waals surface area contributed by atoms with Crippen molar-refractivity contribution in [1.29, 1.82) is 0 Å². The first-order valence-electron chi connectivity index (χ1n) is 9.33. The van der Waals surface area contributed by atoms with Gasteiger partial charge < -0.3 is 15.3 Å². The largest absolute Gasteiger partial charge is 0.395 e. The predicted octanol–water partition coefficient (Wildman–Crippen LogP) is 1.27. The highest BCUT2D eigenvalue weighted by Gasteiger charge is 2.23. The van der Waals surface area contributed by atoms with Crippen molar-refractivity contribution in [3.8, 4) is 0 Å². The molecule has 0 bridgehead atoms. The Bertz CT molecular complexity index is 688. The maximum Gasteiger partial charge on any atom is 0.273 e. The van der Waals surface area contributed by atoms with Crippen molar-refractivity contribution in [2.75, 3.05) is 32.8 Å². The van der Waals surface area contributed by atoms with Gasteiger partial charge in [-0.15, -0.1) is 5.10 Å². The van der Waals surface area contributed by atoms with Crippen molar-refractivity contribution in [2.45, 2.75) is 31.7 Å². The van der Waals surface area contributed by atoms with Gasteiger partial charge in [0.25, 0.3) is 5.91 Å². The molecule has 1 aliphatic rings. The minimum absolute atomic E-state index is 0.0829. The smallest absolute Gasteiger partial charge is 0.273 e. The van der Waals surface area contributed by atoms with Crippen molar-refractivity contribution >= 4 is 5.91 Å². The third-order valence-electron chi connectivity index (χ3n) is 4.78. The molecule has 1 unspecified atom stereocenters. The second-order valence-corrected chi connectivity index (χ2v) is 6.75. The zero-order valence-corrected chi connectivity index (χ0v) is 15.0. The van der Waals surface area contributed by atoms with E-state index < -0.39 is 0 Å². The number of aliphatic hydroxyl groups excluding tert-OH is 1. The number of nitrogens with one attached hydrogen (secondary N) is 1. The number of carbonyl (C=O) groups excluding carboxylic acids is 1. The molecule has 1 aromatic heterocycles. The number of nitrogens with zero attached hydrogens (tertiary/aromatic N) is 4. The molecule has 140 valence electrons. The van der Waals surface area contributed by atoms with Crippen LogP contribution in [-0.4, -0.2) is 63.7 Å². The SMILES string of the molecule is O=C(NCCO)c1cn(C2CCCN(CCCc3ccccc3)C2)nn1. The average Bonchev–Trinajstić information content (AvgIpc) is 3.18. The van der Waals surface area contributed by atoms with Crippen molar-refractivity contribution in [3.63, 3.8) is 0 Å². The predicted molar refractivity (Wildman–Crippen MR) is 98.9 cm³/mol. The van der Waals surface area contributed by atoms with Crippen LogP contribution in [0.15, 0.2) is 36.5 Å². The summed E-state index contributed by atoms with van der Waals surface area (Å²) in [5, 5.41) is 19.5. The summed E-state index contributed by atoms with van der Waals surface area (Å²) in [6, 6.07) is 10.8. The standard InChI is InChI=1S/C19H27N5O2/c25-13-10-20-19(26)18-15-24(22-21-18)17-9-5-12-23(14-17)11-4-8-16-6-2-1-3-7-16/h1-3,6-7,15,17,25H,4-5,8-14H2,(H,20,26). The lowest BCUT2D eigenvalue weighted by molar-refractivity contribution is 0.0939. The van der Waals surface area contributed by atoms with Gasteiger partial charge in [0, 0.05) is 13.1 Å².